The average Bonchev–Trinajstić information content (AvgIpc) is 2.96. The number of amides is 2. The van der Waals surface area contributed by atoms with Crippen molar-refractivity contribution in [3.05, 3.63) is 94.0 Å². The van der Waals surface area contributed by atoms with Crippen LogP contribution in [0.15, 0.2) is 77.7 Å². The highest BCUT2D eigenvalue weighted by molar-refractivity contribution is 7.92. The van der Waals surface area contributed by atoms with Gasteiger partial charge < -0.3 is 10.2 Å². The smallest absolute Gasteiger partial charge is 0.352 e. The summed E-state index contributed by atoms with van der Waals surface area (Å²) in [5, 5.41) is 2.99. The summed E-state index contributed by atoms with van der Waals surface area (Å²) < 4.78 is 69.3. The van der Waals surface area contributed by atoms with E-state index in [1.807, 2.05) is 6.92 Å². The fourth-order valence-electron chi connectivity index (χ4n) is 4.26. The molecule has 0 bridgehead atoms. The average molecular weight is 659 g/mol. The summed E-state index contributed by atoms with van der Waals surface area (Å²) in [7, 11) is -4.61. The number of carbonyl (C=O) groups excluding carboxylic acids is 2. The van der Waals surface area contributed by atoms with Crippen LogP contribution in [-0.4, -0.2) is 43.8 Å². The van der Waals surface area contributed by atoms with Gasteiger partial charge in [0.2, 0.25) is 11.8 Å². The summed E-state index contributed by atoms with van der Waals surface area (Å²) in [6.07, 6.45) is -4.00. The Balaban J connectivity index is 2.15. The molecule has 13 heteroatoms. The van der Waals surface area contributed by atoms with Gasteiger partial charge >= 0.3 is 6.18 Å². The van der Waals surface area contributed by atoms with E-state index in [9.17, 15) is 31.2 Å². The molecule has 0 radical (unpaired) electrons. The lowest BCUT2D eigenvalue weighted by molar-refractivity contribution is -0.140. The van der Waals surface area contributed by atoms with E-state index in [0.717, 1.165) is 12.1 Å². The molecule has 0 aliphatic rings. The van der Waals surface area contributed by atoms with Crippen molar-refractivity contribution in [1.82, 2.24) is 10.2 Å². The molecule has 0 saturated carbocycles. The Bertz CT molecular complexity index is 1520. The van der Waals surface area contributed by atoms with Crippen molar-refractivity contribution in [2.75, 3.05) is 10.8 Å². The monoisotopic (exact) mass is 657 g/mol. The Kier molecular flexibility index (Phi) is 11.5. The van der Waals surface area contributed by atoms with Gasteiger partial charge in [-0.05, 0) is 67.8 Å². The molecule has 7 nitrogen and oxygen atoms in total. The second-order valence-corrected chi connectivity index (χ2v) is 12.6. The second-order valence-electron chi connectivity index (χ2n) is 9.88. The third kappa shape index (κ3) is 8.64. The molecule has 0 heterocycles. The van der Waals surface area contributed by atoms with E-state index in [1.54, 1.807) is 44.2 Å². The van der Waals surface area contributed by atoms with E-state index in [1.165, 1.54) is 29.2 Å². The highest BCUT2D eigenvalue weighted by atomic mass is 35.5. The number of alkyl halides is 3. The summed E-state index contributed by atoms with van der Waals surface area (Å²) in [4.78, 5) is 28.3. The molecular weight excluding hydrogens is 626 g/mol. The molecule has 0 aliphatic carbocycles. The summed E-state index contributed by atoms with van der Waals surface area (Å²) in [5.74, 6) is -1.28. The zero-order valence-corrected chi connectivity index (χ0v) is 26.1. The molecule has 232 valence electrons. The van der Waals surface area contributed by atoms with Crippen molar-refractivity contribution in [2.24, 2.45) is 0 Å². The lowest BCUT2D eigenvalue weighted by Crippen LogP contribution is -2.53. The summed E-state index contributed by atoms with van der Waals surface area (Å²) in [6.45, 7) is 4.36. The zero-order chi connectivity index (χ0) is 31.9. The molecule has 43 heavy (non-hydrogen) atoms. The molecule has 1 N–H and O–H groups in total. The van der Waals surface area contributed by atoms with Crippen LogP contribution in [0.3, 0.4) is 0 Å². The van der Waals surface area contributed by atoms with Gasteiger partial charge in [0.25, 0.3) is 10.0 Å². The Morgan fingerprint density at radius 2 is 1.56 bits per heavy atom. The normalized spacial score (nSPS) is 13.2. The third-order valence-electron chi connectivity index (χ3n) is 6.81. The van der Waals surface area contributed by atoms with Gasteiger partial charge in [-0.25, -0.2) is 8.42 Å². The molecular formula is C30H32Cl2F3N3O4S. The van der Waals surface area contributed by atoms with Crippen molar-refractivity contribution in [2.45, 2.75) is 63.3 Å². The molecule has 3 aromatic carbocycles. The standard InChI is InChI=1S/C30H32Cl2F3N3O4S/c1-4-20(3)36-29(40)26(5-2)37(18-21-11-14-23(31)15-12-21)28(39)19-38(43(41,42)24-9-7-6-8-10-24)27-17-22(30(33,34)35)13-16-25(27)32/h6-17,20,26H,4-5,18-19H2,1-3H3,(H,36,40)/t20-,26-/m1/s1. The highest BCUT2D eigenvalue weighted by Crippen LogP contribution is 2.37. The maximum Gasteiger partial charge on any atom is 0.416 e. The third-order valence-corrected chi connectivity index (χ3v) is 9.15. The highest BCUT2D eigenvalue weighted by Gasteiger charge is 2.37. The molecule has 0 aliphatic heterocycles. The first-order valence-electron chi connectivity index (χ1n) is 13.5. The molecule has 3 rings (SSSR count). The van der Waals surface area contributed by atoms with E-state index in [0.29, 0.717) is 27.4 Å². The van der Waals surface area contributed by atoms with Crippen LogP contribution in [0.5, 0.6) is 0 Å². The van der Waals surface area contributed by atoms with Crippen molar-refractivity contribution in [3.63, 3.8) is 0 Å². The molecule has 0 unspecified atom stereocenters. The predicted octanol–water partition coefficient (Wildman–Crippen LogP) is 6.93. The van der Waals surface area contributed by atoms with Gasteiger partial charge in [0.1, 0.15) is 12.6 Å². The van der Waals surface area contributed by atoms with Gasteiger partial charge in [-0.15, -0.1) is 0 Å². The number of sulfonamides is 1. The number of nitrogens with one attached hydrogen (secondary N) is 1. The van der Waals surface area contributed by atoms with Crippen molar-refractivity contribution < 1.29 is 31.2 Å². The SMILES string of the molecule is CC[C@@H](C)NC(=O)[C@@H](CC)N(Cc1ccc(Cl)cc1)C(=O)CN(c1cc(C(F)(F)F)ccc1Cl)S(=O)(=O)c1ccccc1. The second kappa shape index (κ2) is 14.5. The number of halogens is 5. The Labute approximate surface area is 259 Å². The van der Waals surface area contributed by atoms with Crippen LogP contribution in [0.25, 0.3) is 0 Å². The van der Waals surface area contributed by atoms with Gasteiger partial charge in [0.15, 0.2) is 0 Å². The predicted molar refractivity (Wildman–Crippen MR) is 161 cm³/mol. The number of carbonyl (C=O) groups is 2. The Hall–Kier alpha value is -3.28. The molecule has 0 aromatic heterocycles. The van der Waals surface area contributed by atoms with Gasteiger partial charge in [0.05, 0.1) is 21.2 Å². The van der Waals surface area contributed by atoms with E-state index in [-0.39, 0.29) is 28.9 Å². The number of anilines is 1. The van der Waals surface area contributed by atoms with E-state index >= 15 is 0 Å². The van der Waals surface area contributed by atoms with Crippen LogP contribution in [-0.2, 0) is 32.3 Å². The lowest BCUT2D eigenvalue weighted by Gasteiger charge is -2.34. The number of benzene rings is 3. The van der Waals surface area contributed by atoms with E-state index in [4.69, 9.17) is 23.2 Å². The molecule has 0 spiro atoms. The molecule has 0 saturated heterocycles. The van der Waals surface area contributed by atoms with Gasteiger partial charge in [-0.1, -0.05) is 67.4 Å². The number of hydrogen-bond donors (Lipinski definition) is 1. The number of rotatable bonds is 12. The first kappa shape index (κ1) is 34.2. The van der Waals surface area contributed by atoms with Crippen molar-refractivity contribution >= 4 is 50.7 Å². The zero-order valence-electron chi connectivity index (χ0n) is 23.7. The van der Waals surface area contributed by atoms with Gasteiger partial charge in [0, 0.05) is 17.6 Å². The van der Waals surface area contributed by atoms with E-state index in [2.05, 4.69) is 5.32 Å². The van der Waals surface area contributed by atoms with Crippen LogP contribution < -0.4 is 9.62 Å². The van der Waals surface area contributed by atoms with Crippen LogP contribution >= 0.6 is 23.2 Å². The Morgan fingerprint density at radius 3 is 2.12 bits per heavy atom. The van der Waals surface area contributed by atoms with Crippen molar-refractivity contribution in [1.29, 1.82) is 0 Å². The first-order chi connectivity index (χ1) is 20.2. The molecule has 0 fully saturated rings. The number of nitrogens with zero attached hydrogens (tertiary/aromatic N) is 2. The van der Waals surface area contributed by atoms with Crippen LogP contribution in [0.1, 0.15) is 44.7 Å². The largest absolute Gasteiger partial charge is 0.416 e. The first-order valence-corrected chi connectivity index (χ1v) is 15.7. The topological polar surface area (TPSA) is 86.8 Å². The fraction of sp³-hybridized carbons (Fsp3) is 0.333. The van der Waals surface area contributed by atoms with Crippen molar-refractivity contribution in [3.8, 4) is 0 Å². The lowest BCUT2D eigenvalue weighted by atomic mass is 10.1. The minimum absolute atomic E-state index is 0.0992. The number of hydrogen-bond acceptors (Lipinski definition) is 4. The maximum absolute atomic E-state index is 14.1. The minimum Gasteiger partial charge on any atom is -0.352 e. The Morgan fingerprint density at radius 1 is 0.930 bits per heavy atom. The summed E-state index contributed by atoms with van der Waals surface area (Å²) >= 11 is 12.3. The summed E-state index contributed by atoms with van der Waals surface area (Å²) in [6, 6.07) is 14.5. The quantitative estimate of drug-likeness (QED) is 0.229. The van der Waals surface area contributed by atoms with Crippen LogP contribution in [0.4, 0.5) is 18.9 Å². The minimum atomic E-state index is -4.81. The van der Waals surface area contributed by atoms with Crippen LogP contribution in [0.2, 0.25) is 10.0 Å². The van der Waals surface area contributed by atoms with Gasteiger partial charge in [-0.2, -0.15) is 13.2 Å². The molecule has 2 amide bonds. The molecule has 3 aromatic rings. The van der Waals surface area contributed by atoms with Crippen LogP contribution in [0, 0.1) is 0 Å². The fourth-order valence-corrected chi connectivity index (χ4v) is 6.10. The van der Waals surface area contributed by atoms with Gasteiger partial charge in [-0.3, -0.25) is 13.9 Å². The van der Waals surface area contributed by atoms with E-state index < -0.39 is 51.9 Å². The summed E-state index contributed by atoms with van der Waals surface area (Å²) in [5.41, 5.74) is -1.08. The maximum atomic E-state index is 14.1. The molecule has 2 atom stereocenters.